The van der Waals surface area contributed by atoms with E-state index >= 15 is 0 Å². The normalized spacial score (nSPS) is 22.6. The molecule has 0 spiro atoms. The molecule has 1 rings (SSSR count). The van der Waals surface area contributed by atoms with E-state index in [9.17, 15) is 14.7 Å². The highest BCUT2D eigenvalue weighted by molar-refractivity contribution is 6.32. The van der Waals surface area contributed by atoms with Crippen LogP contribution >= 0.6 is 0 Å². The van der Waals surface area contributed by atoms with Gasteiger partial charge < -0.3 is 14.7 Å². The highest BCUT2D eigenvalue weighted by atomic mass is 16.5. The Kier molecular flexibility index (Phi) is 4.08. The Hall–Kier alpha value is -1.10. The van der Waals surface area contributed by atoms with Gasteiger partial charge in [0.05, 0.1) is 12.7 Å². The highest BCUT2D eigenvalue weighted by Gasteiger charge is 2.32. The van der Waals surface area contributed by atoms with Gasteiger partial charge >= 0.3 is 11.9 Å². The molecule has 0 aromatic rings. The van der Waals surface area contributed by atoms with E-state index in [1.165, 1.54) is 4.90 Å². The Balaban J connectivity index is 2.46. The molecule has 0 radical (unpaired) electrons. The molecular weight excluding hydrogens is 198 g/mol. The average Bonchev–Trinajstić information content (AvgIpc) is 2.65. The molecule has 1 fully saturated rings. The van der Waals surface area contributed by atoms with Gasteiger partial charge in [-0.2, -0.15) is 0 Å². The third kappa shape index (κ3) is 2.92. The minimum absolute atomic E-state index is 0.0726. The summed E-state index contributed by atoms with van der Waals surface area (Å²) in [6.45, 7) is 4.53. The monoisotopic (exact) mass is 215 g/mol. The Bertz CT molecular complexity index is 252. The third-order valence-electron chi connectivity index (χ3n) is 2.64. The first-order valence-electron chi connectivity index (χ1n) is 5.20. The number of carbonyl (C=O) groups excluding carboxylic acids is 2. The van der Waals surface area contributed by atoms with Crippen LogP contribution in [-0.4, -0.2) is 47.7 Å². The molecule has 0 aliphatic carbocycles. The van der Waals surface area contributed by atoms with Crippen LogP contribution in [0.15, 0.2) is 0 Å². The Morgan fingerprint density at radius 3 is 2.73 bits per heavy atom. The number of amides is 1. The second-order valence-corrected chi connectivity index (χ2v) is 3.76. The van der Waals surface area contributed by atoms with Crippen molar-refractivity contribution in [3.05, 3.63) is 0 Å². The van der Waals surface area contributed by atoms with Crippen molar-refractivity contribution in [2.45, 2.75) is 26.4 Å². The number of nitrogens with zero attached hydrogens (tertiary/aromatic N) is 1. The number of aliphatic hydroxyl groups is 1. The molecule has 15 heavy (non-hydrogen) atoms. The Morgan fingerprint density at radius 1 is 1.60 bits per heavy atom. The zero-order valence-electron chi connectivity index (χ0n) is 9.10. The van der Waals surface area contributed by atoms with Gasteiger partial charge in [0.1, 0.15) is 0 Å². The molecule has 2 unspecified atom stereocenters. The summed E-state index contributed by atoms with van der Waals surface area (Å²) >= 11 is 0. The summed E-state index contributed by atoms with van der Waals surface area (Å²) in [7, 11) is 0. The van der Waals surface area contributed by atoms with Crippen LogP contribution in [0.3, 0.4) is 0 Å². The van der Waals surface area contributed by atoms with Crippen molar-refractivity contribution in [3.8, 4) is 0 Å². The maximum absolute atomic E-state index is 11.5. The first-order chi connectivity index (χ1) is 7.06. The predicted molar refractivity (Wildman–Crippen MR) is 53.0 cm³/mol. The van der Waals surface area contributed by atoms with Crippen LogP contribution in [0.1, 0.15) is 20.3 Å². The first-order valence-corrected chi connectivity index (χ1v) is 5.20. The fraction of sp³-hybridized carbons (Fsp3) is 0.800. The number of hydrogen-bond acceptors (Lipinski definition) is 4. The maximum Gasteiger partial charge on any atom is 0.397 e. The van der Waals surface area contributed by atoms with Gasteiger partial charge in [-0.15, -0.1) is 0 Å². The molecule has 5 heteroatoms. The minimum Gasteiger partial charge on any atom is -0.459 e. The van der Waals surface area contributed by atoms with Gasteiger partial charge in [0, 0.05) is 19.0 Å². The van der Waals surface area contributed by atoms with Crippen LogP contribution in [0, 0.1) is 5.92 Å². The lowest BCUT2D eigenvalue weighted by Crippen LogP contribution is -2.36. The molecule has 1 heterocycles. The molecular formula is C10H17NO4. The molecule has 1 aliphatic heterocycles. The number of ether oxygens (including phenoxy) is 1. The first kappa shape index (κ1) is 12.0. The lowest BCUT2D eigenvalue weighted by Gasteiger charge is -2.16. The SMILES string of the molecule is CCOC(=O)C(=O)N1CCC(C(C)O)C1. The number of esters is 1. The van der Waals surface area contributed by atoms with Gasteiger partial charge in [-0.3, -0.25) is 4.79 Å². The molecule has 0 aromatic carbocycles. The van der Waals surface area contributed by atoms with E-state index in [0.29, 0.717) is 13.1 Å². The van der Waals surface area contributed by atoms with Gasteiger partial charge in [0.15, 0.2) is 0 Å². The zero-order chi connectivity index (χ0) is 11.4. The van der Waals surface area contributed by atoms with Gasteiger partial charge in [0.25, 0.3) is 0 Å². The van der Waals surface area contributed by atoms with Crippen LogP contribution in [0.4, 0.5) is 0 Å². The van der Waals surface area contributed by atoms with E-state index in [1.54, 1.807) is 13.8 Å². The minimum atomic E-state index is -0.802. The third-order valence-corrected chi connectivity index (χ3v) is 2.64. The summed E-state index contributed by atoms with van der Waals surface area (Å²) in [5, 5.41) is 9.34. The second-order valence-electron chi connectivity index (χ2n) is 3.76. The van der Waals surface area contributed by atoms with Crippen LogP contribution in [0.2, 0.25) is 0 Å². The second kappa shape index (κ2) is 5.11. The van der Waals surface area contributed by atoms with Gasteiger partial charge in [0.2, 0.25) is 0 Å². The summed E-state index contributed by atoms with van der Waals surface area (Å²) in [4.78, 5) is 24.0. The van der Waals surface area contributed by atoms with Crippen LogP contribution in [0.25, 0.3) is 0 Å². The summed E-state index contributed by atoms with van der Waals surface area (Å²) < 4.78 is 4.62. The number of carbonyl (C=O) groups is 2. The standard InChI is InChI=1S/C10H17NO4/c1-3-15-10(14)9(13)11-5-4-8(6-11)7(2)12/h7-8,12H,3-6H2,1-2H3. The molecule has 1 amide bonds. The Morgan fingerprint density at radius 2 is 2.27 bits per heavy atom. The highest BCUT2D eigenvalue weighted by Crippen LogP contribution is 2.19. The summed E-state index contributed by atoms with van der Waals surface area (Å²) in [5.74, 6) is -1.33. The maximum atomic E-state index is 11.5. The number of likely N-dealkylation sites (tertiary alicyclic amines) is 1. The number of aliphatic hydroxyl groups excluding tert-OH is 1. The van der Waals surface area contributed by atoms with E-state index < -0.39 is 18.0 Å². The molecule has 86 valence electrons. The van der Waals surface area contributed by atoms with Crippen molar-refractivity contribution >= 4 is 11.9 Å². The zero-order valence-corrected chi connectivity index (χ0v) is 9.10. The van der Waals surface area contributed by atoms with Gasteiger partial charge in [-0.1, -0.05) is 0 Å². The molecule has 0 aromatic heterocycles. The van der Waals surface area contributed by atoms with Crippen molar-refractivity contribution < 1.29 is 19.4 Å². The van der Waals surface area contributed by atoms with Crippen molar-refractivity contribution in [2.24, 2.45) is 5.92 Å². The molecule has 1 saturated heterocycles. The van der Waals surface area contributed by atoms with Gasteiger partial charge in [-0.25, -0.2) is 4.79 Å². The molecule has 1 N–H and O–H groups in total. The fourth-order valence-corrected chi connectivity index (χ4v) is 1.69. The van der Waals surface area contributed by atoms with Crippen LogP contribution in [-0.2, 0) is 14.3 Å². The molecule has 1 aliphatic rings. The summed E-state index contributed by atoms with van der Waals surface area (Å²) in [5.41, 5.74) is 0. The van der Waals surface area contributed by atoms with Gasteiger partial charge in [-0.05, 0) is 20.3 Å². The average molecular weight is 215 g/mol. The van der Waals surface area contributed by atoms with E-state index in [-0.39, 0.29) is 12.5 Å². The number of rotatable bonds is 2. The van der Waals surface area contributed by atoms with Crippen molar-refractivity contribution in [3.63, 3.8) is 0 Å². The predicted octanol–water partition coefficient (Wildman–Crippen LogP) is -0.221. The molecule has 2 atom stereocenters. The van der Waals surface area contributed by atoms with Crippen molar-refractivity contribution in [2.75, 3.05) is 19.7 Å². The van der Waals surface area contributed by atoms with Crippen molar-refractivity contribution in [1.29, 1.82) is 0 Å². The van der Waals surface area contributed by atoms with Crippen LogP contribution < -0.4 is 0 Å². The van der Waals surface area contributed by atoms with Crippen molar-refractivity contribution in [1.82, 2.24) is 4.90 Å². The van der Waals surface area contributed by atoms with E-state index in [4.69, 9.17) is 0 Å². The van der Waals surface area contributed by atoms with E-state index in [1.807, 2.05) is 0 Å². The lowest BCUT2D eigenvalue weighted by atomic mass is 10.0. The fourth-order valence-electron chi connectivity index (χ4n) is 1.69. The summed E-state index contributed by atoms with van der Waals surface area (Å²) in [6.07, 6.45) is 0.299. The molecule has 5 nitrogen and oxygen atoms in total. The Labute approximate surface area is 89.0 Å². The molecule has 0 bridgehead atoms. The van der Waals surface area contributed by atoms with Crippen LogP contribution in [0.5, 0.6) is 0 Å². The lowest BCUT2D eigenvalue weighted by molar-refractivity contribution is -0.159. The summed E-state index contributed by atoms with van der Waals surface area (Å²) in [6, 6.07) is 0. The largest absolute Gasteiger partial charge is 0.459 e. The number of hydrogen-bond donors (Lipinski definition) is 1. The van der Waals surface area contributed by atoms with E-state index in [2.05, 4.69) is 4.74 Å². The molecule has 0 saturated carbocycles. The van der Waals surface area contributed by atoms with E-state index in [0.717, 1.165) is 6.42 Å². The topological polar surface area (TPSA) is 66.8 Å². The smallest absolute Gasteiger partial charge is 0.397 e. The quantitative estimate of drug-likeness (QED) is 0.511.